The van der Waals surface area contributed by atoms with Crippen molar-refractivity contribution >= 4 is 27.9 Å². The second-order valence-corrected chi connectivity index (χ2v) is 26.4. The maximum atomic E-state index is 6.87. The molecule has 0 amide bonds. The van der Waals surface area contributed by atoms with E-state index >= 15 is 0 Å². The summed E-state index contributed by atoms with van der Waals surface area (Å²) in [6.45, 7) is 41.7. The minimum absolute atomic E-state index is 0.0324. The maximum absolute atomic E-state index is 6.87. The Morgan fingerprint density at radius 3 is 2.51 bits per heavy atom. The number of rotatable bonds is 29. The molecule has 80 heavy (non-hydrogen) atoms. The lowest BCUT2D eigenvalue weighted by atomic mass is 9.80. The zero-order valence-electron chi connectivity index (χ0n) is 50.9. The second-order valence-electron chi connectivity index (χ2n) is 25.5. The smallest absolute Gasteiger partial charge is 0.0956 e. The van der Waals surface area contributed by atoms with Crippen molar-refractivity contribution in [2.24, 2.45) is 28.8 Å². The summed E-state index contributed by atoms with van der Waals surface area (Å²) in [4.78, 5) is 21.3. The molecule has 13 heteroatoms. The molecule has 5 fully saturated rings. The van der Waals surface area contributed by atoms with Crippen LogP contribution in [0.25, 0.3) is 33.4 Å². The van der Waals surface area contributed by atoms with Crippen LogP contribution < -0.4 is 32.5 Å². The van der Waals surface area contributed by atoms with Crippen molar-refractivity contribution in [1.82, 2.24) is 45.3 Å². The summed E-state index contributed by atoms with van der Waals surface area (Å²) in [5, 5.41) is 12.1. The molecule has 440 valence electrons. The first-order valence-corrected chi connectivity index (χ1v) is 32.4. The molecule has 7 unspecified atom stereocenters. The number of thiazole rings is 1. The lowest BCUT2D eigenvalue weighted by Gasteiger charge is -2.45. The van der Waals surface area contributed by atoms with E-state index < -0.39 is 0 Å². The largest absolute Gasteiger partial charge is 0.381 e. The number of piperidine rings is 1. The number of piperazine rings is 1. The highest BCUT2D eigenvalue weighted by Crippen LogP contribution is 2.44. The number of pyridine rings is 1. The van der Waals surface area contributed by atoms with E-state index in [9.17, 15) is 0 Å². The lowest BCUT2D eigenvalue weighted by Crippen LogP contribution is -2.54. The van der Waals surface area contributed by atoms with Crippen molar-refractivity contribution in [2.45, 2.75) is 193 Å². The zero-order chi connectivity index (χ0) is 56.9. The number of unbranched alkanes of at least 4 members (excludes halogenated alkanes) is 1. The van der Waals surface area contributed by atoms with Crippen molar-refractivity contribution in [3.05, 3.63) is 102 Å². The number of hydrogen-bond acceptors (Lipinski definition) is 12. The molecule has 0 bridgehead atoms. The highest BCUT2D eigenvalue weighted by Gasteiger charge is 2.38. The van der Waals surface area contributed by atoms with E-state index in [-0.39, 0.29) is 17.5 Å². The van der Waals surface area contributed by atoms with Crippen molar-refractivity contribution in [2.75, 3.05) is 70.9 Å². The molecule has 7 N–H and O–H groups in total. The zero-order valence-corrected chi connectivity index (χ0v) is 51.7. The van der Waals surface area contributed by atoms with Crippen LogP contribution in [-0.4, -0.2) is 125 Å². The van der Waals surface area contributed by atoms with E-state index in [0.717, 1.165) is 125 Å². The van der Waals surface area contributed by atoms with Crippen LogP contribution in [0.5, 0.6) is 0 Å². The van der Waals surface area contributed by atoms with Gasteiger partial charge in [-0.1, -0.05) is 90.3 Å². The van der Waals surface area contributed by atoms with E-state index in [1.807, 2.05) is 6.08 Å². The van der Waals surface area contributed by atoms with Crippen molar-refractivity contribution in [3.8, 4) is 22.5 Å². The molecule has 4 aromatic rings. The Kier molecular flexibility index (Phi) is 22.7. The number of benzene rings is 1. The van der Waals surface area contributed by atoms with Gasteiger partial charge in [0.05, 0.1) is 46.1 Å². The van der Waals surface area contributed by atoms with Crippen LogP contribution in [0.1, 0.15) is 160 Å². The fourth-order valence-electron chi connectivity index (χ4n) is 14.0. The van der Waals surface area contributed by atoms with Gasteiger partial charge >= 0.3 is 0 Å². The minimum Gasteiger partial charge on any atom is -0.381 e. The average Bonchev–Trinajstić information content (AvgIpc) is 4.08. The van der Waals surface area contributed by atoms with Crippen molar-refractivity contribution in [3.63, 3.8) is 0 Å². The van der Waals surface area contributed by atoms with Gasteiger partial charge in [0.2, 0.25) is 0 Å². The van der Waals surface area contributed by atoms with Crippen LogP contribution in [0.2, 0.25) is 0 Å². The first-order valence-electron chi connectivity index (χ1n) is 31.5. The Bertz CT molecular complexity index is 2640. The maximum Gasteiger partial charge on any atom is 0.0956 e. The van der Waals surface area contributed by atoms with Gasteiger partial charge in [-0.3, -0.25) is 26.1 Å². The minimum atomic E-state index is -0.216. The molecular weight excluding hydrogens is 1000 g/mol. The van der Waals surface area contributed by atoms with E-state index in [1.165, 1.54) is 122 Å². The van der Waals surface area contributed by atoms with Gasteiger partial charge in [-0.15, -0.1) is 24.5 Å². The molecule has 1 aromatic carbocycles. The summed E-state index contributed by atoms with van der Waals surface area (Å²) in [7, 11) is 2.26. The summed E-state index contributed by atoms with van der Waals surface area (Å²) in [6.07, 6.45) is 25.8. The molecule has 0 spiro atoms. The number of anilines is 1. The molecule has 4 aliphatic heterocycles. The van der Waals surface area contributed by atoms with E-state index in [2.05, 4.69) is 144 Å². The first-order chi connectivity index (χ1) is 38.7. The third-order valence-electron chi connectivity index (χ3n) is 18.7. The number of likely N-dealkylation sites (tertiary alicyclic amines) is 1. The molecule has 4 saturated heterocycles. The third kappa shape index (κ3) is 15.7. The van der Waals surface area contributed by atoms with Crippen LogP contribution in [0.3, 0.4) is 0 Å². The number of nitrogens with zero attached hydrogens (tertiary/aromatic N) is 7. The number of hydrogen-bond donors (Lipinski definition) is 5. The molecule has 9 rings (SSSR count). The lowest BCUT2D eigenvalue weighted by molar-refractivity contribution is 0.133. The van der Waals surface area contributed by atoms with Gasteiger partial charge in [-0.2, -0.15) is 0 Å². The summed E-state index contributed by atoms with van der Waals surface area (Å²) in [5.41, 5.74) is 21.5. The molecule has 1 saturated carbocycles. The van der Waals surface area contributed by atoms with Gasteiger partial charge in [-0.25, -0.2) is 4.98 Å². The molecule has 12 nitrogen and oxygen atoms in total. The van der Waals surface area contributed by atoms with Gasteiger partial charge in [0.15, 0.2) is 0 Å². The van der Waals surface area contributed by atoms with E-state index in [4.69, 9.17) is 34.7 Å². The Labute approximate surface area is 488 Å². The Morgan fingerprint density at radius 1 is 1.00 bits per heavy atom. The predicted octanol–water partition coefficient (Wildman–Crippen LogP) is 12.4. The van der Waals surface area contributed by atoms with Crippen LogP contribution >= 0.6 is 11.3 Å². The Balaban J connectivity index is 0.000000965. The van der Waals surface area contributed by atoms with Gasteiger partial charge in [-0.05, 0) is 159 Å². The molecule has 5 aliphatic rings. The first kappa shape index (κ1) is 61.9. The summed E-state index contributed by atoms with van der Waals surface area (Å²) in [5.74, 6) is 7.03. The number of nitrogens with two attached hydrogens (primary N) is 2. The number of aromatic nitrogens is 3. The normalized spacial score (nSPS) is 22.0. The fourth-order valence-corrected chi connectivity index (χ4v) is 14.9. The molecular formula is C67H106N12S. The standard InChI is InChI=1S/C60H93N11S.C7H13N/c1-10-13-27-60(7,8)36-52-50-33-47(24-25-55(50)71(12-3)59(52)51-34-49(37-63-57(51)43(5)61)69-32-31-68-29-19-17-23-48(68)40-69)54-41-72-56(66-54)35-53(42(4)20-16-18-28-64-62)65-44(6)58(46-21-14-15-22-46)70-30-26-45(39-70)38-67(9)11-2;1-3-5-7-6(4-2)8-7/h10,24-25,33-34,37,41,43,45-46,48,53,58,64-65H,1,4,6,11-23,26-32,35-36,38-40,61-62H2,2-3,5,7-9H3;4,6-8H,2-3,5H2,1H3. The van der Waals surface area contributed by atoms with Gasteiger partial charge < -0.3 is 30.7 Å². The van der Waals surface area contributed by atoms with E-state index in [1.54, 1.807) is 11.3 Å². The number of hydrazine groups is 1. The van der Waals surface area contributed by atoms with Crippen LogP contribution in [0.15, 0.2) is 85.6 Å². The summed E-state index contributed by atoms with van der Waals surface area (Å²) < 4.78 is 2.54. The SMILES string of the molecule is C=CC1NC1CCC.C=CCCC(C)(C)Cc1c(-c2cc(N3CCN4CCCCC4C3)cnc2C(C)N)n(CC)c2ccc(-c3csc(CC(NC(=C)C(C4CCCC4)N4CCC(CN(C)CC)C4)C(=C)CCCCNN)n3)cc12. The Morgan fingerprint density at radius 2 is 1.80 bits per heavy atom. The molecule has 7 atom stereocenters. The topological polar surface area (TPSA) is 142 Å². The second kappa shape index (κ2) is 29.4. The summed E-state index contributed by atoms with van der Waals surface area (Å²) >= 11 is 1.77. The van der Waals surface area contributed by atoms with Gasteiger partial charge in [0.1, 0.15) is 0 Å². The van der Waals surface area contributed by atoms with Gasteiger partial charge in [0, 0.05) is 110 Å². The van der Waals surface area contributed by atoms with Crippen LogP contribution in [0.4, 0.5) is 5.69 Å². The molecule has 1 aliphatic carbocycles. The molecule has 0 radical (unpaired) electrons. The van der Waals surface area contributed by atoms with Crippen LogP contribution in [-0.2, 0) is 19.4 Å². The van der Waals surface area contributed by atoms with Crippen molar-refractivity contribution in [1.29, 1.82) is 0 Å². The monoisotopic (exact) mass is 1110 g/mol. The Hall–Kier alpha value is -4.18. The van der Waals surface area contributed by atoms with E-state index in [0.29, 0.717) is 30.0 Å². The summed E-state index contributed by atoms with van der Waals surface area (Å²) in [6, 6.07) is 11.7. The average molecular weight is 1110 g/mol. The number of aryl methyl sites for hydroxylation is 1. The highest BCUT2D eigenvalue weighted by atomic mass is 32.1. The predicted molar refractivity (Wildman–Crippen MR) is 342 cm³/mol. The number of nitrogens with one attached hydrogen (secondary N) is 3. The number of allylic oxidation sites excluding steroid dienone is 1. The molecule has 7 heterocycles. The van der Waals surface area contributed by atoms with Gasteiger partial charge in [0.25, 0.3) is 0 Å². The quantitative estimate of drug-likeness (QED) is 0.0117. The number of fused-ring (bicyclic) bond motifs is 2. The highest BCUT2D eigenvalue weighted by molar-refractivity contribution is 7.10. The third-order valence-corrected chi connectivity index (χ3v) is 19.6. The molecule has 3 aromatic heterocycles. The fraction of sp³-hybridized carbons (Fsp3) is 0.642. The van der Waals surface area contributed by atoms with Crippen LogP contribution in [0, 0.1) is 17.3 Å². The van der Waals surface area contributed by atoms with Crippen molar-refractivity contribution < 1.29 is 0 Å².